The first-order valence-corrected chi connectivity index (χ1v) is 4.78. The van der Waals surface area contributed by atoms with E-state index in [1.54, 1.807) is 0 Å². The molecule has 0 aromatic heterocycles. The van der Waals surface area contributed by atoms with Crippen molar-refractivity contribution < 1.29 is 0 Å². The van der Waals surface area contributed by atoms with E-state index in [2.05, 4.69) is 24.4 Å². The molecule has 0 spiro atoms. The molecule has 1 aliphatic rings. The van der Waals surface area contributed by atoms with Gasteiger partial charge in [-0.1, -0.05) is 31.4 Å². The van der Waals surface area contributed by atoms with Crippen LogP contribution >= 0.6 is 0 Å². The molecule has 1 N–H and O–H groups in total. The van der Waals surface area contributed by atoms with Crippen LogP contribution in [0.1, 0.15) is 39.0 Å². The molecular formula is C10H19N. The van der Waals surface area contributed by atoms with Crippen molar-refractivity contribution >= 4 is 0 Å². The van der Waals surface area contributed by atoms with Gasteiger partial charge in [0, 0.05) is 12.6 Å². The van der Waals surface area contributed by atoms with Crippen LogP contribution in [0.2, 0.25) is 0 Å². The molecule has 0 bridgehead atoms. The van der Waals surface area contributed by atoms with Gasteiger partial charge in [0.2, 0.25) is 0 Å². The molecule has 1 aliphatic carbocycles. The monoisotopic (exact) mass is 153 g/mol. The Bertz CT molecular complexity index is 112. The van der Waals surface area contributed by atoms with Crippen LogP contribution in [0, 0.1) is 0 Å². The van der Waals surface area contributed by atoms with Gasteiger partial charge in [0.05, 0.1) is 0 Å². The highest BCUT2D eigenvalue weighted by molar-refractivity contribution is 4.82. The Morgan fingerprint density at radius 2 is 2.00 bits per heavy atom. The molecule has 1 rings (SSSR count). The maximum absolute atomic E-state index is 3.54. The minimum Gasteiger partial charge on any atom is -0.311 e. The number of rotatable bonds is 3. The zero-order chi connectivity index (χ0) is 7.94. The van der Waals surface area contributed by atoms with Crippen LogP contribution < -0.4 is 5.32 Å². The van der Waals surface area contributed by atoms with Crippen molar-refractivity contribution in [1.29, 1.82) is 0 Å². The summed E-state index contributed by atoms with van der Waals surface area (Å²) in [6.45, 7) is 3.13. The molecule has 1 saturated carbocycles. The van der Waals surface area contributed by atoms with Crippen LogP contribution in [-0.2, 0) is 0 Å². The highest BCUT2D eigenvalue weighted by Crippen LogP contribution is 2.16. The van der Waals surface area contributed by atoms with Crippen molar-refractivity contribution in [2.75, 3.05) is 6.54 Å². The Morgan fingerprint density at radius 1 is 1.27 bits per heavy atom. The molecule has 0 aromatic rings. The smallest absolute Gasteiger partial charge is 0.0137 e. The third-order valence-electron chi connectivity index (χ3n) is 2.37. The topological polar surface area (TPSA) is 12.0 Å². The van der Waals surface area contributed by atoms with Gasteiger partial charge in [-0.3, -0.25) is 0 Å². The van der Waals surface area contributed by atoms with Gasteiger partial charge in [-0.25, -0.2) is 0 Å². The van der Waals surface area contributed by atoms with E-state index in [4.69, 9.17) is 0 Å². The number of hydrogen-bond acceptors (Lipinski definition) is 1. The van der Waals surface area contributed by atoms with E-state index in [0.29, 0.717) is 0 Å². The molecule has 0 radical (unpaired) electrons. The van der Waals surface area contributed by atoms with Gasteiger partial charge in [0.1, 0.15) is 0 Å². The minimum atomic E-state index is 0.806. The normalized spacial score (nSPS) is 21.2. The van der Waals surface area contributed by atoms with Crippen LogP contribution in [0.3, 0.4) is 0 Å². The molecule has 0 unspecified atom stereocenters. The summed E-state index contributed by atoms with van der Waals surface area (Å²) in [5.41, 5.74) is 0. The fourth-order valence-corrected chi connectivity index (χ4v) is 1.66. The van der Waals surface area contributed by atoms with E-state index < -0.39 is 0 Å². The van der Waals surface area contributed by atoms with E-state index in [1.807, 2.05) is 0 Å². The molecule has 11 heavy (non-hydrogen) atoms. The Kier molecular flexibility index (Phi) is 4.29. The lowest BCUT2D eigenvalue weighted by molar-refractivity contribution is 0.385. The Labute approximate surface area is 69.9 Å². The minimum absolute atomic E-state index is 0.806. The zero-order valence-electron chi connectivity index (χ0n) is 7.47. The van der Waals surface area contributed by atoms with Crippen molar-refractivity contribution in [2.45, 2.75) is 45.1 Å². The molecule has 0 atom stereocenters. The number of nitrogens with one attached hydrogen (secondary N) is 1. The Morgan fingerprint density at radius 3 is 2.64 bits per heavy atom. The van der Waals surface area contributed by atoms with E-state index in [1.165, 1.54) is 32.1 Å². The van der Waals surface area contributed by atoms with Crippen molar-refractivity contribution in [1.82, 2.24) is 5.32 Å². The van der Waals surface area contributed by atoms with Crippen LogP contribution in [0.25, 0.3) is 0 Å². The molecule has 0 saturated heterocycles. The summed E-state index contributed by atoms with van der Waals surface area (Å²) in [6.07, 6.45) is 11.4. The molecule has 0 aromatic carbocycles. The largest absolute Gasteiger partial charge is 0.311 e. The second kappa shape index (κ2) is 5.36. The highest BCUT2D eigenvalue weighted by Gasteiger charge is 2.10. The second-order valence-electron chi connectivity index (χ2n) is 3.31. The van der Waals surface area contributed by atoms with Crippen LogP contribution in [0.5, 0.6) is 0 Å². The average Bonchev–Trinajstić information content (AvgIpc) is 2.07. The molecule has 1 heteroatoms. The van der Waals surface area contributed by atoms with Crippen LogP contribution in [0.4, 0.5) is 0 Å². The summed E-state index contributed by atoms with van der Waals surface area (Å²) >= 11 is 0. The van der Waals surface area contributed by atoms with Gasteiger partial charge >= 0.3 is 0 Å². The SMILES string of the molecule is C/C=C/CNC1CCCCC1. The van der Waals surface area contributed by atoms with E-state index in [-0.39, 0.29) is 0 Å². The number of hydrogen-bond donors (Lipinski definition) is 1. The molecule has 1 nitrogen and oxygen atoms in total. The third-order valence-corrected chi connectivity index (χ3v) is 2.37. The Hall–Kier alpha value is -0.300. The standard InChI is InChI=1S/C10H19N/c1-2-3-9-11-10-7-5-4-6-8-10/h2-3,10-11H,4-9H2,1H3/b3-2+. The van der Waals surface area contributed by atoms with Gasteiger partial charge in [-0.05, 0) is 19.8 Å². The molecule has 0 amide bonds. The lowest BCUT2D eigenvalue weighted by atomic mass is 9.95. The van der Waals surface area contributed by atoms with E-state index >= 15 is 0 Å². The fourth-order valence-electron chi connectivity index (χ4n) is 1.66. The predicted molar refractivity (Wildman–Crippen MR) is 49.7 cm³/mol. The lowest BCUT2D eigenvalue weighted by Crippen LogP contribution is -2.30. The molecule has 0 heterocycles. The predicted octanol–water partition coefficient (Wildman–Crippen LogP) is 2.48. The van der Waals surface area contributed by atoms with Crippen molar-refractivity contribution in [3.8, 4) is 0 Å². The van der Waals surface area contributed by atoms with E-state index in [0.717, 1.165) is 12.6 Å². The molecule has 0 aliphatic heterocycles. The van der Waals surface area contributed by atoms with Crippen molar-refractivity contribution in [3.63, 3.8) is 0 Å². The first-order valence-electron chi connectivity index (χ1n) is 4.78. The second-order valence-corrected chi connectivity index (χ2v) is 3.31. The van der Waals surface area contributed by atoms with Crippen LogP contribution in [0.15, 0.2) is 12.2 Å². The molecule has 64 valence electrons. The third kappa shape index (κ3) is 3.57. The summed E-state index contributed by atoms with van der Waals surface area (Å²) in [5, 5.41) is 3.54. The van der Waals surface area contributed by atoms with Crippen molar-refractivity contribution in [3.05, 3.63) is 12.2 Å². The van der Waals surface area contributed by atoms with Gasteiger partial charge < -0.3 is 5.32 Å². The molecular weight excluding hydrogens is 134 g/mol. The van der Waals surface area contributed by atoms with Gasteiger partial charge in [0.15, 0.2) is 0 Å². The first kappa shape index (κ1) is 8.79. The summed E-state index contributed by atoms with van der Waals surface area (Å²) in [4.78, 5) is 0. The highest BCUT2D eigenvalue weighted by atomic mass is 14.9. The van der Waals surface area contributed by atoms with Crippen molar-refractivity contribution in [2.24, 2.45) is 0 Å². The quantitative estimate of drug-likeness (QED) is 0.614. The summed E-state index contributed by atoms with van der Waals surface area (Å²) < 4.78 is 0. The van der Waals surface area contributed by atoms with Gasteiger partial charge in [-0.2, -0.15) is 0 Å². The fraction of sp³-hybridized carbons (Fsp3) is 0.800. The van der Waals surface area contributed by atoms with Gasteiger partial charge in [-0.15, -0.1) is 0 Å². The number of allylic oxidation sites excluding steroid dienone is 1. The van der Waals surface area contributed by atoms with E-state index in [9.17, 15) is 0 Å². The average molecular weight is 153 g/mol. The zero-order valence-corrected chi connectivity index (χ0v) is 7.47. The lowest BCUT2D eigenvalue weighted by Gasteiger charge is -2.21. The maximum atomic E-state index is 3.54. The van der Waals surface area contributed by atoms with Crippen LogP contribution in [-0.4, -0.2) is 12.6 Å². The summed E-state index contributed by atoms with van der Waals surface area (Å²) in [5.74, 6) is 0. The first-order chi connectivity index (χ1) is 5.43. The summed E-state index contributed by atoms with van der Waals surface area (Å²) in [6, 6.07) is 0.806. The maximum Gasteiger partial charge on any atom is 0.0137 e. The summed E-state index contributed by atoms with van der Waals surface area (Å²) in [7, 11) is 0. The Balaban J connectivity index is 2.04. The van der Waals surface area contributed by atoms with Gasteiger partial charge in [0.25, 0.3) is 0 Å². The molecule has 1 fully saturated rings.